The van der Waals surface area contributed by atoms with Gasteiger partial charge in [0.1, 0.15) is 23.9 Å². The van der Waals surface area contributed by atoms with Gasteiger partial charge in [0.2, 0.25) is 0 Å². The fraction of sp³-hybridized carbons (Fsp3) is 0.267. The van der Waals surface area contributed by atoms with Crippen LogP contribution in [0.5, 0.6) is 0 Å². The number of nitrogens with zero attached hydrogens (tertiary/aromatic N) is 4. The van der Waals surface area contributed by atoms with Gasteiger partial charge in [-0.3, -0.25) is 0 Å². The van der Waals surface area contributed by atoms with Crippen LogP contribution in [0.25, 0.3) is 0 Å². The lowest BCUT2D eigenvalue weighted by atomic mass is 10.2. The topological polar surface area (TPSA) is 86.6 Å². The standard InChI is InChI=1S/C15H15N5/c1-3-20(4-2)14-7-5-13(6-8-14)19-15(11-18)12(9-16)10-17/h5-8,19H,3-4H2,1-2H3. The molecule has 0 unspecified atom stereocenters. The van der Waals surface area contributed by atoms with Gasteiger partial charge in [0, 0.05) is 24.5 Å². The first-order valence-electron chi connectivity index (χ1n) is 6.26. The molecule has 1 rings (SSSR count). The summed E-state index contributed by atoms with van der Waals surface area (Å²) >= 11 is 0. The van der Waals surface area contributed by atoms with E-state index in [-0.39, 0.29) is 11.3 Å². The lowest BCUT2D eigenvalue weighted by Crippen LogP contribution is -2.21. The molecule has 5 nitrogen and oxygen atoms in total. The number of hydrogen-bond acceptors (Lipinski definition) is 5. The third kappa shape index (κ3) is 3.51. The van der Waals surface area contributed by atoms with Gasteiger partial charge >= 0.3 is 0 Å². The van der Waals surface area contributed by atoms with Crippen molar-refractivity contribution in [3.05, 3.63) is 35.5 Å². The first-order valence-corrected chi connectivity index (χ1v) is 6.26. The van der Waals surface area contributed by atoms with Gasteiger partial charge in [0.15, 0.2) is 5.57 Å². The van der Waals surface area contributed by atoms with Crippen molar-refractivity contribution >= 4 is 11.4 Å². The van der Waals surface area contributed by atoms with Crippen molar-refractivity contribution in [3.8, 4) is 18.2 Å². The lowest BCUT2D eigenvalue weighted by Gasteiger charge is -2.21. The number of hydrogen-bond donors (Lipinski definition) is 1. The predicted octanol–water partition coefficient (Wildman–Crippen LogP) is 2.77. The summed E-state index contributed by atoms with van der Waals surface area (Å²) in [7, 11) is 0. The Morgan fingerprint density at radius 1 is 1.00 bits per heavy atom. The summed E-state index contributed by atoms with van der Waals surface area (Å²) in [6, 6.07) is 12.7. The summed E-state index contributed by atoms with van der Waals surface area (Å²) in [5.74, 6) is 0. The first kappa shape index (κ1) is 15.1. The minimum Gasteiger partial charge on any atom is -0.372 e. The summed E-state index contributed by atoms with van der Waals surface area (Å²) in [6.07, 6.45) is 0. The number of rotatable bonds is 5. The second-order valence-corrected chi connectivity index (χ2v) is 3.93. The van der Waals surface area contributed by atoms with Crippen LogP contribution in [0.1, 0.15) is 13.8 Å². The van der Waals surface area contributed by atoms with Gasteiger partial charge in [0.05, 0.1) is 0 Å². The zero-order valence-electron chi connectivity index (χ0n) is 11.5. The molecule has 1 aromatic rings. The van der Waals surface area contributed by atoms with Crippen molar-refractivity contribution in [2.24, 2.45) is 0 Å². The second kappa shape index (κ2) is 7.46. The number of nitriles is 3. The molecule has 0 aromatic heterocycles. The molecule has 0 aliphatic heterocycles. The summed E-state index contributed by atoms with van der Waals surface area (Å²) < 4.78 is 0. The summed E-state index contributed by atoms with van der Waals surface area (Å²) in [6.45, 7) is 6.00. The minimum atomic E-state index is -0.222. The van der Waals surface area contributed by atoms with E-state index < -0.39 is 0 Å². The number of benzene rings is 1. The van der Waals surface area contributed by atoms with Crippen LogP contribution in [0.15, 0.2) is 35.5 Å². The third-order valence-electron chi connectivity index (χ3n) is 2.85. The molecule has 1 aromatic carbocycles. The average molecular weight is 265 g/mol. The van der Waals surface area contributed by atoms with Gasteiger partial charge in [-0.1, -0.05) is 0 Å². The molecular weight excluding hydrogens is 250 g/mol. The highest BCUT2D eigenvalue weighted by atomic mass is 15.1. The quantitative estimate of drug-likeness (QED) is 0.827. The summed E-state index contributed by atoms with van der Waals surface area (Å²) in [4.78, 5) is 2.20. The maximum Gasteiger partial charge on any atom is 0.163 e. The molecule has 100 valence electrons. The van der Waals surface area contributed by atoms with Crippen molar-refractivity contribution in [1.82, 2.24) is 0 Å². The Hall–Kier alpha value is -2.97. The largest absolute Gasteiger partial charge is 0.372 e. The van der Waals surface area contributed by atoms with E-state index in [0.717, 1.165) is 18.8 Å². The molecule has 0 spiro atoms. The Bertz CT molecular complexity index is 588. The van der Waals surface area contributed by atoms with Crippen LogP contribution in [0.3, 0.4) is 0 Å². The Kier molecular flexibility index (Phi) is 5.63. The van der Waals surface area contributed by atoms with Crippen LogP contribution < -0.4 is 10.2 Å². The second-order valence-electron chi connectivity index (χ2n) is 3.93. The minimum absolute atomic E-state index is 0.0365. The van der Waals surface area contributed by atoms with Crippen LogP contribution in [0.4, 0.5) is 11.4 Å². The lowest BCUT2D eigenvalue weighted by molar-refractivity contribution is 0.866. The molecule has 0 aliphatic rings. The SMILES string of the molecule is CCN(CC)c1ccc(NC(C#N)=C(C#N)C#N)cc1. The molecular formula is C15H15N5. The first-order chi connectivity index (χ1) is 9.69. The highest BCUT2D eigenvalue weighted by molar-refractivity contribution is 5.61. The summed E-state index contributed by atoms with van der Waals surface area (Å²) in [5, 5.41) is 29.3. The number of nitrogens with one attached hydrogen (secondary N) is 1. The maximum absolute atomic E-state index is 8.96. The van der Waals surface area contributed by atoms with Crippen LogP contribution in [-0.2, 0) is 0 Å². The van der Waals surface area contributed by atoms with Crippen LogP contribution in [-0.4, -0.2) is 13.1 Å². The highest BCUT2D eigenvalue weighted by Gasteiger charge is 2.06. The van der Waals surface area contributed by atoms with Crippen molar-refractivity contribution in [2.75, 3.05) is 23.3 Å². The van der Waals surface area contributed by atoms with Crippen LogP contribution >= 0.6 is 0 Å². The molecule has 0 fully saturated rings. The zero-order valence-corrected chi connectivity index (χ0v) is 11.5. The van der Waals surface area contributed by atoms with Crippen molar-refractivity contribution < 1.29 is 0 Å². The van der Waals surface area contributed by atoms with E-state index in [1.165, 1.54) is 0 Å². The fourth-order valence-electron chi connectivity index (χ4n) is 1.77. The fourth-order valence-corrected chi connectivity index (χ4v) is 1.77. The molecule has 0 amide bonds. The molecule has 1 N–H and O–H groups in total. The zero-order chi connectivity index (χ0) is 15.0. The molecule has 0 atom stereocenters. The number of anilines is 2. The molecule has 5 heteroatoms. The predicted molar refractivity (Wildman–Crippen MR) is 77.5 cm³/mol. The average Bonchev–Trinajstić information content (AvgIpc) is 2.50. The van der Waals surface area contributed by atoms with E-state index >= 15 is 0 Å². The Balaban J connectivity index is 2.97. The Morgan fingerprint density at radius 3 is 1.95 bits per heavy atom. The maximum atomic E-state index is 8.96. The molecule has 0 saturated carbocycles. The highest BCUT2D eigenvalue weighted by Crippen LogP contribution is 2.19. The van der Waals surface area contributed by atoms with Crippen LogP contribution in [0.2, 0.25) is 0 Å². The molecule has 0 aliphatic carbocycles. The van der Waals surface area contributed by atoms with Crippen molar-refractivity contribution in [2.45, 2.75) is 13.8 Å². The van der Waals surface area contributed by atoms with Gasteiger partial charge in [-0.25, -0.2) is 0 Å². The van der Waals surface area contributed by atoms with E-state index in [4.69, 9.17) is 15.8 Å². The van der Waals surface area contributed by atoms with Gasteiger partial charge in [0.25, 0.3) is 0 Å². The van der Waals surface area contributed by atoms with E-state index in [2.05, 4.69) is 24.1 Å². The molecule has 0 radical (unpaired) electrons. The van der Waals surface area contributed by atoms with E-state index in [1.54, 1.807) is 12.1 Å². The van der Waals surface area contributed by atoms with Crippen molar-refractivity contribution in [1.29, 1.82) is 15.8 Å². The van der Waals surface area contributed by atoms with Crippen molar-refractivity contribution in [3.63, 3.8) is 0 Å². The van der Waals surface area contributed by atoms with Gasteiger partial charge in [-0.15, -0.1) is 0 Å². The van der Waals surface area contributed by atoms with Gasteiger partial charge < -0.3 is 10.2 Å². The molecule has 20 heavy (non-hydrogen) atoms. The molecule has 0 heterocycles. The van der Waals surface area contributed by atoms with Gasteiger partial charge in [-0.05, 0) is 38.1 Å². The summed E-state index contributed by atoms with van der Waals surface area (Å²) in [5.41, 5.74) is 1.50. The molecule has 0 bridgehead atoms. The van der Waals surface area contributed by atoms with Crippen LogP contribution in [0, 0.1) is 34.0 Å². The Morgan fingerprint density at radius 2 is 1.55 bits per heavy atom. The molecule has 0 saturated heterocycles. The number of allylic oxidation sites excluding steroid dienone is 2. The smallest absolute Gasteiger partial charge is 0.163 e. The normalized spacial score (nSPS) is 8.75. The van der Waals surface area contributed by atoms with E-state index in [0.29, 0.717) is 5.69 Å². The third-order valence-corrected chi connectivity index (χ3v) is 2.85. The Labute approximate surface area is 119 Å². The monoisotopic (exact) mass is 265 g/mol. The van der Waals surface area contributed by atoms with Gasteiger partial charge in [-0.2, -0.15) is 15.8 Å². The van der Waals surface area contributed by atoms with E-state index in [1.807, 2.05) is 30.3 Å². The van der Waals surface area contributed by atoms with E-state index in [9.17, 15) is 0 Å².